The summed E-state index contributed by atoms with van der Waals surface area (Å²) in [4.78, 5) is 16.7. The summed E-state index contributed by atoms with van der Waals surface area (Å²) in [6.07, 6.45) is 0. The summed E-state index contributed by atoms with van der Waals surface area (Å²) in [5.41, 5.74) is 6.31. The number of hydrogen-bond acceptors (Lipinski definition) is 2. The molecule has 1 N–H and O–H groups in total. The summed E-state index contributed by atoms with van der Waals surface area (Å²) in [6.45, 7) is 6.05. The predicted molar refractivity (Wildman–Crippen MR) is 89.6 cm³/mol. The molecule has 0 spiro atoms. The van der Waals surface area contributed by atoms with Gasteiger partial charge < -0.3 is 5.32 Å². The van der Waals surface area contributed by atoms with Gasteiger partial charge in [-0.2, -0.15) is 0 Å². The predicted octanol–water partition coefficient (Wildman–Crippen LogP) is 4.45. The number of benzene rings is 2. The van der Waals surface area contributed by atoms with E-state index in [1.54, 1.807) is 0 Å². The molecule has 1 amide bonds. The second kappa shape index (κ2) is 5.11. The molecule has 2 aromatic carbocycles. The number of halogens is 1. The molecule has 0 radical (unpaired) electrons. The van der Waals surface area contributed by atoms with Gasteiger partial charge in [-0.15, -0.1) is 0 Å². The molecule has 0 fully saturated rings. The molecule has 0 atom stereocenters. The first-order valence-electron chi connectivity index (χ1n) is 6.73. The first-order valence-corrected chi connectivity index (χ1v) is 7.53. The van der Waals surface area contributed by atoms with Crippen molar-refractivity contribution in [2.24, 2.45) is 4.99 Å². The zero-order valence-electron chi connectivity index (χ0n) is 12.1. The highest BCUT2D eigenvalue weighted by Crippen LogP contribution is 2.30. The van der Waals surface area contributed by atoms with E-state index in [1.807, 2.05) is 51.1 Å². The Labute approximate surface area is 132 Å². The lowest BCUT2D eigenvalue weighted by Gasteiger charge is -2.05. The third-order valence-corrected chi connectivity index (χ3v) is 4.81. The van der Waals surface area contributed by atoms with E-state index < -0.39 is 0 Å². The standard InChI is InChI=1S/C17H15BrN2O/c1-9-4-5-14-13(6-9)16(17(21)20-14)19-12-7-10(2)15(18)11(3)8-12/h4-8H,1-3H3,(H,19,20,21). The number of aliphatic imine (C=N–C) groups is 1. The molecule has 2 aromatic rings. The Kier molecular flexibility index (Phi) is 3.41. The lowest BCUT2D eigenvalue weighted by atomic mass is 10.1. The molecule has 21 heavy (non-hydrogen) atoms. The molecular formula is C17H15BrN2O. The van der Waals surface area contributed by atoms with E-state index in [-0.39, 0.29) is 5.91 Å². The third-order valence-electron chi connectivity index (χ3n) is 3.56. The van der Waals surface area contributed by atoms with Crippen molar-refractivity contribution in [1.82, 2.24) is 0 Å². The second-order valence-electron chi connectivity index (χ2n) is 5.36. The van der Waals surface area contributed by atoms with E-state index in [1.165, 1.54) is 0 Å². The molecule has 3 nitrogen and oxygen atoms in total. The number of carbonyl (C=O) groups is 1. The van der Waals surface area contributed by atoms with Crippen molar-refractivity contribution in [1.29, 1.82) is 0 Å². The van der Waals surface area contributed by atoms with Gasteiger partial charge in [0.2, 0.25) is 0 Å². The largest absolute Gasteiger partial charge is 0.320 e. The number of carbonyl (C=O) groups excluding carboxylic acids is 1. The molecule has 0 bridgehead atoms. The van der Waals surface area contributed by atoms with Gasteiger partial charge in [-0.25, -0.2) is 4.99 Å². The molecule has 106 valence electrons. The molecule has 0 aliphatic carbocycles. The minimum Gasteiger partial charge on any atom is -0.320 e. The molecule has 1 aliphatic heterocycles. The fraction of sp³-hybridized carbons (Fsp3) is 0.176. The number of rotatable bonds is 1. The van der Waals surface area contributed by atoms with Crippen LogP contribution in [0.25, 0.3) is 0 Å². The minimum atomic E-state index is -0.145. The van der Waals surface area contributed by atoms with Gasteiger partial charge in [-0.1, -0.05) is 27.6 Å². The Bertz CT molecular complexity index is 770. The van der Waals surface area contributed by atoms with Crippen molar-refractivity contribution in [3.05, 3.63) is 57.1 Å². The number of nitrogens with zero attached hydrogens (tertiary/aromatic N) is 1. The van der Waals surface area contributed by atoms with Crippen molar-refractivity contribution in [2.75, 3.05) is 5.32 Å². The number of amides is 1. The zero-order chi connectivity index (χ0) is 15.1. The van der Waals surface area contributed by atoms with Crippen LogP contribution in [0.15, 0.2) is 39.8 Å². The van der Waals surface area contributed by atoms with Crippen molar-refractivity contribution in [3.63, 3.8) is 0 Å². The quantitative estimate of drug-likeness (QED) is 0.817. The van der Waals surface area contributed by atoms with Crippen LogP contribution in [0, 0.1) is 20.8 Å². The fourth-order valence-electron chi connectivity index (χ4n) is 2.49. The lowest BCUT2D eigenvalue weighted by molar-refractivity contribution is -0.110. The summed E-state index contributed by atoms with van der Waals surface area (Å²) in [6, 6.07) is 9.85. The van der Waals surface area contributed by atoms with Crippen LogP contribution in [0.5, 0.6) is 0 Å². The maximum absolute atomic E-state index is 12.1. The molecule has 0 unspecified atom stereocenters. The summed E-state index contributed by atoms with van der Waals surface area (Å²) < 4.78 is 1.08. The SMILES string of the molecule is Cc1ccc2c(c1)C(=Nc1cc(C)c(Br)c(C)c1)C(=O)N2. The van der Waals surface area contributed by atoms with E-state index in [0.717, 1.165) is 38.1 Å². The Balaban J connectivity index is 2.13. The van der Waals surface area contributed by atoms with Crippen molar-refractivity contribution in [2.45, 2.75) is 20.8 Å². The maximum Gasteiger partial charge on any atom is 0.275 e. The van der Waals surface area contributed by atoms with Crippen molar-refractivity contribution in [3.8, 4) is 0 Å². The Hall–Kier alpha value is -1.94. The van der Waals surface area contributed by atoms with Gasteiger partial charge in [0.15, 0.2) is 0 Å². The number of nitrogens with one attached hydrogen (secondary N) is 1. The van der Waals surface area contributed by atoms with Crippen LogP contribution in [0.3, 0.4) is 0 Å². The smallest absolute Gasteiger partial charge is 0.275 e. The van der Waals surface area contributed by atoms with E-state index in [0.29, 0.717) is 5.71 Å². The van der Waals surface area contributed by atoms with Crippen molar-refractivity contribution >= 4 is 38.9 Å². The van der Waals surface area contributed by atoms with Crippen LogP contribution in [-0.4, -0.2) is 11.6 Å². The van der Waals surface area contributed by atoms with Gasteiger partial charge in [-0.05, 0) is 56.2 Å². The van der Waals surface area contributed by atoms with E-state index in [2.05, 4.69) is 26.2 Å². The van der Waals surface area contributed by atoms with E-state index in [9.17, 15) is 4.79 Å². The first kappa shape index (κ1) is 14.0. The van der Waals surface area contributed by atoms with Crippen LogP contribution in [0.2, 0.25) is 0 Å². The number of fused-ring (bicyclic) bond motifs is 1. The third kappa shape index (κ3) is 2.51. The fourth-order valence-corrected chi connectivity index (χ4v) is 2.72. The van der Waals surface area contributed by atoms with Gasteiger partial charge >= 0.3 is 0 Å². The number of aryl methyl sites for hydroxylation is 3. The Morgan fingerprint density at radius 3 is 2.38 bits per heavy atom. The van der Waals surface area contributed by atoms with Crippen LogP contribution < -0.4 is 5.32 Å². The minimum absolute atomic E-state index is 0.145. The molecular weight excluding hydrogens is 328 g/mol. The molecule has 3 rings (SSSR count). The summed E-state index contributed by atoms with van der Waals surface area (Å²) in [5, 5.41) is 2.86. The Morgan fingerprint density at radius 2 is 1.71 bits per heavy atom. The van der Waals surface area contributed by atoms with Gasteiger partial charge in [-0.3, -0.25) is 4.79 Å². The average Bonchev–Trinajstić information content (AvgIpc) is 2.72. The molecule has 0 aromatic heterocycles. The lowest BCUT2D eigenvalue weighted by Crippen LogP contribution is -2.13. The van der Waals surface area contributed by atoms with Crippen LogP contribution >= 0.6 is 15.9 Å². The van der Waals surface area contributed by atoms with Gasteiger partial charge in [0.05, 0.1) is 11.4 Å². The number of hydrogen-bond donors (Lipinski definition) is 1. The van der Waals surface area contributed by atoms with Crippen LogP contribution in [-0.2, 0) is 4.79 Å². The van der Waals surface area contributed by atoms with Crippen LogP contribution in [0.4, 0.5) is 11.4 Å². The first-order chi connectivity index (χ1) is 9.95. The highest BCUT2D eigenvalue weighted by Gasteiger charge is 2.25. The summed E-state index contributed by atoms with van der Waals surface area (Å²) in [5.74, 6) is -0.145. The highest BCUT2D eigenvalue weighted by atomic mass is 79.9. The molecule has 4 heteroatoms. The highest BCUT2D eigenvalue weighted by molar-refractivity contribution is 9.10. The second-order valence-corrected chi connectivity index (χ2v) is 6.15. The topological polar surface area (TPSA) is 41.5 Å². The number of anilines is 1. The molecule has 1 heterocycles. The summed E-state index contributed by atoms with van der Waals surface area (Å²) >= 11 is 3.55. The normalized spacial score (nSPS) is 15.2. The molecule has 0 saturated heterocycles. The molecule has 1 aliphatic rings. The van der Waals surface area contributed by atoms with E-state index >= 15 is 0 Å². The summed E-state index contributed by atoms with van der Waals surface area (Å²) in [7, 11) is 0. The van der Waals surface area contributed by atoms with Crippen molar-refractivity contribution < 1.29 is 4.79 Å². The molecule has 0 saturated carbocycles. The maximum atomic E-state index is 12.1. The van der Waals surface area contributed by atoms with Gasteiger partial charge in [0, 0.05) is 10.0 Å². The monoisotopic (exact) mass is 342 g/mol. The zero-order valence-corrected chi connectivity index (χ0v) is 13.7. The van der Waals surface area contributed by atoms with Gasteiger partial charge in [0.1, 0.15) is 5.71 Å². The van der Waals surface area contributed by atoms with Crippen LogP contribution in [0.1, 0.15) is 22.3 Å². The van der Waals surface area contributed by atoms with E-state index in [4.69, 9.17) is 0 Å². The van der Waals surface area contributed by atoms with Gasteiger partial charge in [0.25, 0.3) is 5.91 Å². The average molecular weight is 343 g/mol. The Morgan fingerprint density at radius 1 is 1.05 bits per heavy atom.